The van der Waals surface area contributed by atoms with Crippen molar-refractivity contribution in [2.45, 2.75) is 0 Å². The van der Waals surface area contributed by atoms with Crippen LogP contribution in [0.2, 0.25) is 15.1 Å². The van der Waals surface area contributed by atoms with Crippen LogP contribution in [0.15, 0.2) is 54.2 Å². The van der Waals surface area contributed by atoms with Gasteiger partial charge in [0.1, 0.15) is 11.6 Å². The summed E-state index contributed by atoms with van der Waals surface area (Å²) in [5.41, 5.74) is 0.815. The molecule has 0 fully saturated rings. The Morgan fingerprint density at radius 2 is 1.78 bits per heavy atom. The molecule has 0 heterocycles. The molecule has 2 aromatic carbocycles. The third kappa shape index (κ3) is 4.64. The fraction of sp³-hybridized carbons (Fsp3) is 0. The lowest BCUT2D eigenvalue weighted by Crippen LogP contribution is -2.14. The Labute approximate surface area is 148 Å². The second-order valence-electron chi connectivity index (χ2n) is 4.37. The third-order valence-corrected chi connectivity index (χ3v) is 3.67. The first-order valence-corrected chi connectivity index (χ1v) is 7.52. The van der Waals surface area contributed by atoms with Gasteiger partial charge in [-0.25, -0.2) is 0 Å². The number of carbonyl (C=O) groups excluding carboxylic acids is 1. The summed E-state index contributed by atoms with van der Waals surface area (Å²) in [6.45, 7) is 0. The summed E-state index contributed by atoms with van der Waals surface area (Å²) in [7, 11) is 0. The number of hydrogen-bond acceptors (Lipinski definition) is 3. The van der Waals surface area contributed by atoms with E-state index in [9.17, 15) is 4.79 Å². The number of rotatable bonds is 4. The summed E-state index contributed by atoms with van der Waals surface area (Å²) in [4.78, 5) is 12.1. The highest BCUT2D eigenvalue weighted by Crippen LogP contribution is 2.26. The van der Waals surface area contributed by atoms with Gasteiger partial charge in [-0.2, -0.15) is 5.26 Å². The van der Waals surface area contributed by atoms with Crippen molar-refractivity contribution >= 4 is 52.1 Å². The number of benzene rings is 2. The SMILES string of the molecule is N#C/C(=C/Nc1ccccc1Cl)C(=O)Nc1ccc(Cl)cc1Cl. The molecule has 2 aromatic rings. The van der Waals surface area contributed by atoms with E-state index in [2.05, 4.69) is 10.6 Å². The summed E-state index contributed by atoms with van der Waals surface area (Å²) in [5.74, 6) is -0.601. The maximum Gasteiger partial charge on any atom is 0.267 e. The zero-order chi connectivity index (χ0) is 16.8. The Hall–Kier alpha value is -2.19. The number of nitrogens with zero attached hydrogens (tertiary/aromatic N) is 1. The predicted molar refractivity (Wildman–Crippen MR) is 93.9 cm³/mol. The monoisotopic (exact) mass is 365 g/mol. The lowest BCUT2D eigenvalue weighted by atomic mass is 10.2. The first kappa shape index (κ1) is 17.2. The fourth-order valence-corrected chi connectivity index (χ4v) is 2.30. The van der Waals surface area contributed by atoms with Gasteiger partial charge < -0.3 is 10.6 Å². The van der Waals surface area contributed by atoms with Gasteiger partial charge in [-0.05, 0) is 30.3 Å². The molecular weight excluding hydrogens is 357 g/mol. The molecule has 0 saturated heterocycles. The van der Waals surface area contributed by atoms with E-state index in [0.717, 1.165) is 0 Å². The fourth-order valence-electron chi connectivity index (χ4n) is 1.66. The van der Waals surface area contributed by atoms with Crippen LogP contribution in [0.4, 0.5) is 11.4 Å². The van der Waals surface area contributed by atoms with Gasteiger partial charge in [0, 0.05) is 11.2 Å². The van der Waals surface area contributed by atoms with Crippen LogP contribution in [0.5, 0.6) is 0 Å². The molecule has 7 heteroatoms. The van der Waals surface area contributed by atoms with E-state index in [1.54, 1.807) is 36.4 Å². The molecule has 1 amide bonds. The molecule has 0 spiro atoms. The smallest absolute Gasteiger partial charge is 0.267 e. The van der Waals surface area contributed by atoms with Crippen molar-refractivity contribution < 1.29 is 4.79 Å². The lowest BCUT2D eigenvalue weighted by Gasteiger charge is -2.07. The molecule has 0 bridgehead atoms. The Bertz CT molecular complexity index is 812. The van der Waals surface area contributed by atoms with Gasteiger partial charge in [0.25, 0.3) is 5.91 Å². The average Bonchev–Trinajstić information content (AvgIpc) is 2.52. The number of halogens is 3. The molecule has 0 saturated carbocycles. The normalized spacial score (nSPS) is 10.8. The zero-order valence-corrected chi connectivity index (χ0v) is 13.9. The van der Waals surface area contributed by atoms with Crippen LogP contribution in [0, 0.1) is 11.3 Å². The van der Waals surface area contributed by atoms with Crippen molar-refractivity contribution in [3.63, 3.8) is 0 Å². The van der Waals surface area contributed by atoms with Gasteiger partial charge in [-0.3, -0.25) is 4.79 Å². The Morgan fingerprint density at radius 1 is 1.04 bits per heavy atom. The van der Waals surface area contributed by atoms with Crippen LogP contribution in [-0.4, -0.2) is 5.91 Å². The van der Waals surface area contributed by atoms with Crippen LogP contribution in [0.3, 0.4) is 0 Å². The van der Waals surface area contributed by atoms with E-state index in [1.165, 1.54) is 12.3 Å². The molecule has 0 unspecified atom stereocenters. The highest BCUT2D eigenvalue weighted by Gasteiger charge is 2.11. The molecule has 0 aliphatic carbocycles. The summed E-state index contributed by atoms with van der Waals surface area (Å²) in [5, 5.41) is 15.7. The van der Waals surface area contributed by atoms with Gasteiger partial charge >= 0.3 is 0 Å². The minimum absolute atomic E-state index is 0.129. The quantitative estimate of drug-likeness (QED) is 0.584. The molecule has 0 aliphatic rings. The van der Waals surface area contributed by atoms with Crippen LogP contribution in [-0.2, 0) is 4.79 Å². The largest absolute Gasteiger partial charge is 0.359 e. The molecule has 0 radical (unpaired) electrons. The van der Waals surface area contributed by atoms with Crippen LogP contribution in [0.1, 0.15) is 0 Å². The molecule has 0 atom stereocenters. The summed E-state index contributed by atoms with van der Waals surface area (Å²) in [6.07, 6.45) is 1.28. The zero-order valence-electron chi connectivity index (χ0n) is 11.6. The van der Waals surface area contributed by atoms with Gasteiger partial charge in [-0.15, -0.1) is 0 Å². The maximum absolute atomic E-state index is 12.1. The minimum atomic E-state index is -0.601. The number of nitriles is 1. The second-order valence-corrected chi connectivity index (χ2v) is 5.62. The first-order chi connectivity index (χ1) is 11.0. The lowest BCUT2D eigenvalue weighted by molar-refractivity contribution is -0.112. The highest BCUT2D eigenvalue weighted by molar-refractivity contribution is 6.37. The molecule has 0 aromatic heterocycles. The highest BCUT2D eigenvalue weighted by atomic mass is 35.5. The molecular formula is C16H10Cl3N3O. The molecule has 0 aliphatic heterocycles. The summed E-state index contributed by atoms with van der Waals surface area (Å²) < 4.78 is 0. The van der Waals surface area contributed by atoms with Gasteiger partial charge in [0.2, 0.25) is 0 Å². The topological polar surface area (TPSA) is 64.9 Å². The van der Waals surface area contributed by atoms with E-state index >= 15 is 0 Å². The molecule has 2 rings (SSSR count). The van der Waals surface area contributed by atoms with Crippen molar-refractivity contribution in [1.82, 2.24) is 0 Å². The number of hydrogen-bond donors (Lipinski definition) is 2. The molecule has 4 nitrogen and oxygen atoms in total. The van der Waals surface area contributed by atoms with E-state index < -0.39 is 5.91 Å². The van der Waals surface area contributed by atoms with E-state index in [4.69, 9.17) is 40.1 Å². The van der Waals surface area contributed by atoms with Crippen molar-refractivity contribution in [1.29, 1.82) is 5.26 Å². The van der Waals surface area contributed by atoms with Crippen molar-refractivity contribution in [2.24, 2.45) is 0 Å². The van der Waals surface area contributed by atoms with E-state index in [-0.39, 0.29) is 10.6 Å². The van der Waals surface area contributed by atoms with Crippen LogP contribution < -0.4 is 10.6 Å². The molecule has 2 N–H and O–H groups in total. The standard InChI is InChI=1S/C16H10Cl3N3O/c17-11-5-6-15(13(19)7-11)22-16(23)10(8-20)9-21-14-4-2-1-3-12(14)18/h1-7,9,21H,(H,22,23)/b10-9-. The Morgan fingerprint density at radius 3 is 2.43 bits per heavy atom. The van der Waals surface area contributed by atoms with Crippen LogP contribution in [0.25, 0.3) is 0 Å². The number of nitrogens with one attached hydrogen (secondary N) is 2. The Kier molecular flexibility index (Phi) is 5.89. The maximum atomic E-state index is 12.1. The minimum Gasteiger partial charge on any atom is -0.359 e. The third-order valence-electron chi connectivity index (χ3n) is 2.79. The van der Waals surface area contributed by atoms with Gasteiger partial charge in [0.15, 0.2) is 0 Å². The predicted octanol–water partition coefficient (Wildman–Crippen LogP) is 5.10. The second kappa shape index (κ2) is 7.89. The number of carbonyl (C=O) groups is 1. The molecule has 116 valence electrons. The van der Waals surface area contributed by atoms with Crippen molar-refractivity contribution in [2.75, 3.05) is 10.6 Å². The number of anilines is 2. The average molecular weight is 367 g/mol. The van der Waals surface area contributed by atoms with Gasteiger partial charge in [-0.1, -0.05) is 46.9 Å². The van der Waals surface area contributed by atoms with Gasteiger partial charge in [0.05, 0.1) is 21.4 Å². The number of amides is 1. The molecule has 23 heavy (non-hydrogen) atoms. The van der Waals surface area contributed by atoms with Crippen molar-refractivity contribution in [3.8, 4) is 6.07 Å². The summed E-state index contributed by atoms with van der Waals surface area (Å²) >= 11 is 17.8. The van der Waals surface area contributed by atoms with E-state index in [1.807, 2.05) is 6.07 Å². The van der Waals surface area contributed by atoms with E-state index in [0.29, 0.717) is 21.4 Å². The van der Waals surface area contributed by atoms with Crippen LogP contribution >= 0.6 is 34.8 Å². The first-order valence-electron chi connectivity index (χ1n) is 6.39. The number of para-hydroxylation sites is 1. The summed E-state index contributed by atoms with van der Waals surface area (Å²) in [6, 6.07) is 13.4. The Balaban J connectivity index is 2.14. The van der Waals surface area contributed by atoms with Crippen molar-refractivity contribution in [3.05, 3.63) is 69.3 Å².